The first kappa shape index (κ1) is 53.9. The Labute approximate surface area is 374 Å². The highest BCUT2D eigenvalue weighted by atomic mass is 16.8. The van der Waals surface area contributed by atoms with Crippen molar-refractivity contribution in [2.45, 2.75) is 185 Å². The summed E-state index contributed by atoms with van der Waals surface area (Å²) in [6, 6.07) is -2.31. The Kier molecular flexibility index (Phi) is 18.6. The Bertz CT molecular complexity index is 1550. The Morgan fingerprint density at radius 2 is 0.773 bits per heavy atom. The zero-order valence-corrected chi connectivity index (χ0v) is 35.0. The molecule has 5 fully saturated rings. The van der Waals surface area contributed by atoms with Crippen molar-refractivity contribution in [2.75, 3.05) is 33.0 Å². The minimum Gasteiger partial charge on any atom is -0.394 e. The van der Waals surface area contributed by atoms with Crippen LogP contribution in [0.1, 0.15) is 6.92 Å². The molecule has 0 aromatic carbocycles. The predicted molar refractivity (Wildman–Crippen MR) is 203 cm³/mol. The van der Waals surface area contributed by atoms with Crippen LogP contribution in [0.3, 0.4) is 0 Å². The third-order valence-corrected chi connectivity index (χ3v) is 12.7. The second-order valence-electron chi connectivity index (χ2n) is 17.0. The summed E-state index contributed by atoms with van der Waals surface area (Å²) in [7, 11) is 0. The monoisotopic (exact) mass is 969 g/mol. The first-order chi connectivity index (χ1) is 31.2. The van der Waals surface area contributed by atoms with Gasteiger partial charge in [-0.05, 0) is 12.5 Å². The highest BCUT2D eigenvalue weighted by molar-refractivity contribution is 5.22. The zero-order chi connectivity index (χ0) is 48.6. The smallest absolute Gasteiger partial charge is 0.189 e. The van der Waals surface area contributed by atoms with Gasteiger partial charge in [-0.2, -0.15) is 0 Å². The van der Waals surface area contributed by atoms with Crippen LogP contribution in [0.15, 0.2) is 11.6 Å². The number of rotatable bonds is 15. The van der Waals surface area contributed by atoms with E-state index in [1.165, 1.54) is 13.0 Å². The van der Waals surface area contributed by atoms with Crippen molar-refractivity contribution in [1.82, 2.24) is 5.32 Å². The molecule has 0 aromatic heterocycles. The molecule has 0 radical (unpaired) electrons. The van der Waals surface area contributed by atoms with Gasteiger partial charge in [0.2, 0.25) is 0 Å². The Hall–Kier alpha value is -1.42. The van der Waals surface area contributed by atoms with E-state index in [0.29, 0.717) is 0 Å². The average molecular weight is 970 g/mol. The molecule has 384 valence electrons. The van der Waals surface area contributed by atoms with E-state index in [1.807, 2.05) is 0 Å². The molecule has 0 aromatic rings. The van der Waals surface area contributed by atoms with Crippen LogP contribution >= 0.6 is 0 Å². The van der Waals surface area contributed by atoms with Gasteiger partial charge >= 0.3 is 0 Å². The fourth-order valence-electron chi connectivity index (χ4n) is 8.71. The average Bonchev–Trinajstić information content (AvgIpc) is 3.30. The van der Waals surface area contributed by atoms with E-state index in [0.717, 1.165) is 0 Å². The number of hydrogen-bond acceptors (Lipinski definition) is 29. The molecule has 29 atom stereocenters. The van der Waals surface area contributed by atoms with Gasteiger partial charge < -0.3 is 145 Å². The van der Waals surface area contributed by atoms with Crippen LogP contribution in [-0.2, 0) is 42.6 Å². The normalized spacial score (nSPS) is 52.8. The van der Waals surface area contributed by atoms with E-state index < -0.39 is 211 Å². The lowest BCUT2D eigenvalue weighted by Gasteiger charge is -2.49. The summed E-state index contributed by atoms with van der Waals surface area (Å²) in [5.41, 5.74) is -0.0208. The number of aliphatic hydroxyl groups excluding tert-OH is 19. The highest BCUT2D eigenvalue weighted by Gasteiger charge is 2.56. The number of ether oxygens (including phenoxy) is 9. The molecular formula is C37H63NO28. The number of hydrogen-bond donors (Lipinski definition) is 20. The summed E-state index contributed by atoms with van der Waals surface area (Å²) >= 11 is 0. The number of nitrogens with one attached hydrogen (secondary N) is 1. The molecule has 6 aliphatic rings. The third-order valence-electron chi connectivity index (χ3n) is 12.7. The van der Waals surface area contributed by atoms with Gasteiger partial charge in [-0.1, -0.05) is 6.08 Å². The van der Waals surface area contributed by atoms with Gasteiger partial charge in [0, 0.05) is 0 Å². The van der Waals surface area contributed by atoms with Gasteiger partial charge in [-0.3, -0.25) is 0 Å². The van der Waals surface area contributed by atoms with Gasteiger partial charge in [0.05, 0.1) is 51.2 Å². The second kappa shape index (κ2) is 22.8. The third kappa shape index (κ3) is 10.7. The molecule has 0 saturated carbocycles. The van der Waals surface area contributed by atoms with Crippen LogP contribution in [-0.4, -0.2) is 308 Å². The molecule has 5 heterocycles. The largest absolute Gasteiger partial charge is 0.394 e. The van der Waals surface area contributed by atoms with Crippen molar-refractivity contribution in [3.63, 3.8) is 0 Å². The fraction of sp³-hybridized carbons (Fsp3) is 0.946. The van der Waals surface area contributed by atoms with Crippen LogP contribution < -0.4 is 5.32 Å². The molecule has 6 rings (SSSR count). The van der Waals surface area contributed by atoms with Gasteiger partial charge in [0.1, 0.15) is 128 Å². The lowest BCUT2D eigenvalue weighted by molar-refractivity contribution is -0.399. The molecule has 29 heteroatoms. The predicted octanol–water partition coefficient (Wildman–Crippen LogP) is -12.9. The second-order valence-corrected chi connectivity index (χ2v) is 17.0. The van der Waals surface area contributed by atoms with Crippen LogP contribution in [0.5, 0.6) is 0 Å². The molecule has 0 amide bonds. The first-order valence-corrected chi connectivity index (χ1v) is 21.2. The maximum atomic E-state index is 11.2. The SMILES string of the molecule is C[C@@H]1O[C@H](O[C@H]2[C@H](O)[C@@H](O)[C@H](O[C@H]3[C@H](O)[C@@H](O)[C@H](O[C@H]4[C@H](O)[C@@H](O)[C@H](O[C@H]5O[C@@H](CO)[C@H](O)[C@@H](O)[C@@H]5O)O[C@@H]4CO)O[C@@H]3CO)O[C@@H]2CO)[C@@H](O)[C@H](O)[C@H]1N[C@H]1C=C(CO)[C@H](O)[C@@H](O)[C@@H]1O. The summed E-state index contributed by atoms with van der Waals surface area (Å²) in [6.07, 6.45) is -47.5. The minimum atomic E-state index is -2.14. The maximum Gasteiger partial charge on any atom is 0.189 e. The maximum absolute atomic E-state index is 11.2. The van der Waals surface area contributed by atoms with E-state index in [9.17, 15) is 97.0 Å². The summed E-state index contributed by atoms with van der Waals surface area (Å²) in [5.74, 6) is 0. The molecule has 5 aliphatic heterocycles. The van der Waals surface area contributed by atoms with Crippen molar-refractivity contribution in [3.8, 4) is 0 Å². The fourth-order valence-corrected chi connectivity index (χ4v) is 8.71. The van der Waals surface area contributed by atoms with Gasteiger partial charge in [-0.25, -0.2) is 0 Å². The van der Waals surface area contributed by atoms with Crippen molar-refractivity contribution in [2.24, 2.45) is 0 Å². The first-order valence-electron chi connectivity index (χ1n) is 21.2. The summed E-state index contributed by atoms with van der Waals surface area (Å²) in [5, 5.41) is 202. The van der Waals surface area contributed by atoms with Crippen molar-refractivity contribution < 1.29 is 140 Å². The van der Waals surface area contributed by atoms with Crippen molar-refractivity contribution >= 4 is 0 Å². The van der Waals surface area contributed by atoms with Crippen molar-refractivity contribution in [1.29, 1.82) is 0 Å². The van der Waals surface area contributed by atoms with E-state index >= 15 is 0 Å². The number of aliphatic hydroxyl groups is 19. The van der Waals surface area contributed by atoms with E-state index in [2.05, 4.69) is 5.32 Å². The van der Waals surface area contributed by atoms with Crippen molar-refractivity contribution in [3.05, 3.63) is 11.6 Å². The van der Waals surface area contributed by atoms with Gasteiger partial charge in [-0.15, -0.1) is 0 Å². The molecule has 29 nitrogen and oxygen atoms in total. The molecule has 5 saturated heterocycles. The molecule has 1 aliphatic carbocycles. The minimum absolute atomic E-state index is 0.0208. The van der Waals surface area contributed by atoms with E-state index in [1.54, 1.807) is 0 Å². The van der Waals surface area contributed by atoms with Crippen LogP contribution in [0.2, 0.25) is 0 Å². The van der Waals surface area contributed by atoms with E-state index in [-0.39, 0.29) is 5.57 Å². The van der Waals surface area contributed by atoms with Crippen LogP contribution in [0.4, 0.5) is 0 Å². The quantitative estimate of drug-likeness (QED) is 0.0678. The standard InChI is InChI=1S/C37H63NO28/c1-8-15(38-10-2-9(3-39)16(44)20(48)17(10)45)19(47)25(53)33(58-8)63-30-12(5-41)60-34(27(55)22(30)50)64-31-13(6-42)61-35(28(56)23(31)51)65-32-14(7-43)62-37(29(57)24(32)52)66-36-26(54)21(49)18(46)11(4-40)59-36/h2,8,10-57H,3-7H2,1H3/t8-,10-,11-,12+,13+,14+,15-,16-,17+,18-,19+,20+,21+,22+,23+,24+,25-,26-,27+,28+,29+,30+,31+,32+,33+,34-,35-,36+,37-/m0/s1. The Balaban J connectivity index is 1.06. The molecule has 66 heavy (non-hydrogen) atoms. The highest BCUT2D eigenvalue weighted by Crippen LogP contribution is 2.36. The summed E-state index contributed by atoms with van der Waals surface area (Å²) in [4.78, 5) is 0. The molecular weight excluding hydrogens is 906 g/mol. The van der Waals surface area contributed by atoms with Gasteiger partial charge in [0.25, 0.3) is 0 Å². The zero-order valence-electron chi connectivity index (χ0n) is 35.0. The molecule has 0 bridgehead atoms. The Morgan fingerprint density at radius 3 is 1.18 bits per heavy atom. The van der Waals surface area contributed by atoms with Gasteiger partial charge in [0.15, 0.2) is 31.5 Å². The summed E-state index contributed by atoms with van der Waals surface area (Å²) < 4.78 is 50.2. The molecule has 0 spiro atoms. The Morgan fingerprint density at radius 1 is 0.409 bits per heavy atom. The lowest BCUT2D eigenvalue weighted by Crippen LogP contribution is -2.69. The van der Waals surface area contributed by atoms with Crippen LogP contribution in [0, 0.1) is 0 Å². The van der Waals surface area contributed by atoms with Crippen LogP contribution in [0.25, 0.3) is 0 Å². The van der Waals surface area contributed by atoms with E-state index in [4.69, 9.17) is 42.6 Å². The lowest BCUT2D eigenvalue weighted by atomic mass is 9.86. The topological polar surface area (TPSA) is 479 Å². The summed E-state index contributed by atoms with van der Waals surface area (Å²) in [6.45, 7) is -2.95. The molecule has 20 N–H and O–H groups in total. The molecule has 0 unspecified atom stereocenters.